The first kappa shape index (κ1) is 8.79. The molecule has 0 spiro atoms. The molecule has 1 aliphatic rings. The molecule has 0 N–H and O–H groups in total. The molecule has 0 fully saturated rings. The van der Waals surface area contributed by atoms with Crippen LogP contribution >= 0.6 is 0 Å². The summed E-state index contributed by atoms with van der Waals surface area (Å²) in [5.74, 6) is 0.289. The molecule has 1 unspecified atom stereocenters. The second kappa shape index (κ2) is 3.40. The normalized spacial score (nSPS) is 24.8. The van der Waals surface area contributed by atoms with Crippen molar-refractivity contribution in [2.75, 3.05) is 0 Å². The molecule has 0 aliphatic heterocycles. The zero-order chi connectivity index (χ0) is 9.03. The van der Waals surface area contributed by atoms with Gasteiger partial charge >= 0.3 is 0 Å². The van der Waals surface area contributed by atoms with Gasteiger partial charge in [0, 0.05) is 11.3 Å². The van der Waals surface area contributed by atoms with E-state index in [2.05, 4.69) is 31.9 Å². The third kappa shape index (κ3) is 1.20. The summed E-state index contributed by atoms with van der Waals surface area (Å²) >= 11 is 0. The molecule has 0 saturated heterocycles. The molecule has 0 heterocycles. The lowest BCUT2D eigenvalue weighted by Gasteiger charge is -2.30. The van der Waals surface area contributed by atoms with Crippen LogP contribution in [0.1, 0.15) is 0 Å². The van der Waals surface area contributed by atoms with E-state index in [0.29, 0.717) is 0 Å². The zero-order valence-electron chi connectivity index (χ0n) is 7.24. The van der Waals surface area contributed by atoms with Gasteiger partial charge in [-0.2, -0.15) is 0 Å². The van der Waals surface area contributed by atoms with Crippen LogP contribution in [0.3, 0.4) is 0 Å². The van der Waals surface area contributed by atoms with Crippen molar-refractivity contribution in [3.8, 4) is 0 Å². The summed E-state index contributed by atoms with van der Waals surface area (Å²) in [7, 11) is 0. The number of allylic oxidation sites excluding steroid dienone is 7. The molecule has 0 nitrogen and oxygen atoms in total. The summed E-state index contributed by atoms with van der Waals surface area (Å²) in [4.78, 5) is 0. The third-order valence-corrected chi connectivity index (χ3v) is 2.35. The maximum Gasteiger partial charge on any atom is 0.0337 e. The van der Waals surface area contributed by atoms with Gasteiger partial charge in [-0.3, -0.25) is 0 Å². The monoisotopic (exact) mass is 158 g/mol. The molecule has 0 aromatic rings. The van der Waals surface area contributed by atoms with Gasteiger partial charge in [-0.05, 0) is 0 Å². The SMILES string of the molecule is C=CC1C=CC=CC1(C=C)C=C. The molecule has 12 heavy (non-hydrogen) atoms. The highest BCUT2D eigenvalue weighted by Crippen LogP contribution is 2.36. The van der Waals surface area contributed by atoms with Gasteiger partial charge in [0.25, 0.3) is 0 Å². The molecule has 0 amide bonds. The van der Waals surface area contributed by atoms with Gasteiger partial charge in [-0.15, -0.1) is 19.7 Å². The minimum absolute atomic E-state index is 0.128. The first-order chi connectivity index (χ1) is 5.79. The van der Waals surface area contributed by atoms with Crippen LogP contribution in [-0.2, 0) is 0 Å². The lowest BCUT2D eigenvalue weighted by atomic mass is 9.73. The van der Waals surface area contributed by atoms with Crippen molar-refractivity contribution in [3.63, 3.8) is 0 Å². The Morgan fingerprint density at radius 2 is 1.75 bits per heavy atom. The molecule has 1 aliphatic carbocycles. The molecule has 0 bridgehead atoms. The molecule has 0 radical (unpaired) electrons. The molecule has 1 atom stereocenters. The molecular weight excluding hydrogens is 144 g/mol. The van der Waals surface area contributed by atoms with E-state index >= 15 is 0 Å². The highest BCUT2D eigenvalue weighted by Gasteiger charge is 2.27. The van der Waals surface area contributed by atoms with E-state index in [1.807, 2.05) is 30.4 Å². The summed E-state index contributed by atoms with van der Waals surface area (Å²) in [5, 5.41) is 0. The van der Waals surface area contributed by atoms with Crippen molar-refractivity contribution in [1.82, 2.24) is 0 Å². The van der Waals surface area contributed by atoms with Gasteiger partial charge in [0.2, 0.25) is 0 Å². The Labute approximate surface area is 74.3 Å². The summed E-state index contributed by atoms with van der Waals surface area (Å²) in [5.41, 5.74) is -0.128. The maximum absolute atomic E-state index is 3.82. The van der Waals surface area contributed by atoms with E-state index in [9.17, 15) is 0 Å². The average molecular weight is 158 g/mol. The summed E-state index contributed by atoms with van der Waals surface area (Å²) in [6.45, 7) is 11.4. The second-order valence-corrected chi connectivity index (χ2v) is 2.91. The van der Waals surface area contributed by atoms with Crippen molar-refractivity contribution in [2.45, 2.75) is 0 Å². The van der Waals surface area contributed by atoms with Crippen LogP contribution in [0, 0.1) is 11.3 Å². The minimum Gasteiger partial charge on any atom is -0.102 e. The predicted molar refractivity (Wildman–Crippen MR) is 54.8 cm³/mol. The first-order valence-electron chi connectivity index (χ1n) is 4.05. The quantitative estimate of drug-likeness (QED) is 0.553. The maximum atomic E-state index is 3.82. The van der Waals surface area contributed by atoms with Gasteiger partial charge < -0.3 is 0 Å². The van der Waals surface area contributed by atoms with Crippen molar-refractivity contribution < 1.29 is 0 Å². The number of rotatable bonds is 3. The molecule has 0 aromatic carbocycles. The highest BCUT2D eigenvalue weighted by atomic mass is 14.3. The Bertz CT molecular complexity index is 245. The fourth-order valence-corrected chi connectivity index (χ4v) is 1.46. The van der Waals surface area contributed by atoms with E-state index in [0.717, 1.165) is 0 Å². The summed E-state index contributed by atoms with van der Waals surface area (Å²) in [6.07, 6.45) is 14.0. The standard InChI is InChI=1S/C12H14/c1-4-11-9-7-8-10-12(11,5-2)6-3/h4-11H,1-3H2. The van der Waals surface area contributed by atoms with Gasteiger partial charge in [0.15, 0.2) is 0 Å². The van der Waals surface area contributed by atoms with E-state index in [-0.39, 0.29) is 11.3 Å². The minimum atomic E-state index is -0.128. The Morgan fingerprint density at radius 1 is 1.08 bits per heavy atom. The van der Waals surface area contributed by atoms with Crippen LogP contribution in [0.15, 0.2) is 62.3 Å². The zero-order valence-corrected chi connectivity index (χ0v) is 7.24. The van der Waals surface area contributed by atoms with E-state index < -0.39 is 0 Å². The molecule has 0 heteroatoms. The van der Waals surface area contributed by atoms with Crippen molar-refractivity contribution >= 4 is 0 Å². The molecule has 0 saturated carbocycles. The largest absolute Gasteiger partial charge is 0.102 e. The number of hydrogen-bond donors (Lipinski definition) is 0. The average Bonchev–Trinajstić information content (AvgIpc) is 2.17. The van der Waals surface area contributed by atoms with Crippen LogP contribution in [0.25, 0.3) is 0 Å². The second-order valence-electron chi connectivity index (χ2n) is 2.91. The van der Waals surface area contributed by atoms with Gasteiger partial charge in [-0.1, -0.05) is 42.5 Å². The molecule has 62 valence electrons. The van der Waals surface area contributed by atoms with Crippen LogP contribution in [0.5, 0.6) is 0 Å². The van der Waals surface area contributed by atoms with Gasteiger partial charge in [0.05, 0.1) is 0 Å². The Morgan fingerprint density at radius 3 is 2.17 bits per heavy atom. The molecule has 0 aromatic heterocycles. The highest BCUT2D eigenvalue weighted by molar-refractivity contribution is 5.32. The van der Waals surface area contributed by atoms with E-state index in [4.69, 9.17) is 0 Å². The third-order valence-electron chi connectivity index (χ3n) is 2.35. The lowest BCUT2D eigenvalue weighted by molar-refractivity contribution is 0.523. The lowest BCUT2D eigenvalue weighted by Crippen LogP contribution is -2.22. The van der Waals surface area contributed by atoms with Crippen molar-refractivity contribution in [2.24, 2.45) is 11.3 Å². The Kier molecular flexibility index (Phi) is 2.49. The van der Waals surface area contributed by atoms with Crippen molar-refractivity contribution in [1.29, 1.82) is 0 Å². The Balaban J connectivity index is 3.07. The van der Waals surface area contributed by atoms with Crippen LogP contribution < -0.4 is 0 Å². The smallest absolute Gasteiger partial charge is 0.0337 e. The summed E-state index contributed by atoms with van der Waals surface area (Å²) in [6, 6.07) is 0. The van der Waals surface area contributed by atoms with Crippen LogP contribution in [-0.4, -0.2) is 0 Å². The predicted octanol–water partition coefficient (Wildman–Crippen LogP) is 3.27. The molecule has 1 rings (SSSR count). The summed E-state index contributed by atoms with van der Waals surface area (Å²) < 4.78 is 0. The van der Waals surface area contributed by atoms with Gasteiger partial charge in [-0.25, -0.2) is 0 Å². The van der Waals surface area contributed by atoms with Gasteiger partial charge in [0.1, 0.15) is 0 Å². The van der Waals surface area contributed by atoms with Crippen molar-refractivity contribution in [3.05, 3.63) is 62.3 Å². The Hall–Kier alpha value is -1.30. The first-order valence-corrected chi connectivity index (χ1v) is 4.05. The topological polar surface area (TPSA) is 0 Å². The van der Waals surface area contributed by atoms with E-state index in [1.54, 1.807) is 0 Å². The van der Waals surface area contributed by atoms with Crippen LogP contribution in [0.4, 0.5) is 0 Å². The molecular formula is C12H14. The fraction of sp³-hybridized carbons (Fsp3) is 0.167. The fourth-order valence-electron chi connectivity index (χ4n) is 1.46. The number of hydrogen-bond acceptors (Lipinski definition) is 0. The van der Waals surface area contributed by atoms with E-state index in [1.165, 1.54) is 0 Å². The van der Waals surface area contributed by atoms with Crippen LogP contribution in [0.2, 0.25) is 0 Å².